The van der Waals surface area contributed by atoms with Gasteiger partial charge < -0.3 is 0 Å². The number of para-hydroxylation sites is 1. The quantitative estimate of drug-likeness (QED) is 0.204. The average molecular weight is 621 g/mol. The summed E-state index contributed by atoms with van der Waals surface area (Å²) < 4.78 is 42.0. The Balaban J connectivity index is 1.56. The lowest BCUT2D eigenvalue weighted by Crippen LogP contribution is -2.49. The number of rotatable bonds is 10. The van der Waals surface area contributed by atoms with Gasteiger partial charge in [-0.25, -0.2) is 4.79 Å². The van der Waals surface area contributed by atoms with Gasteiger partial charge in [0.1, 0.15) is 6.17 Å². The molecule has 0 radical (unpaired) electrons. The van der Waals surface area contributed by atoms with Crippen molar-refractivity contribution in [1.29, 1.82) is 0 Å². The summed E-state index contributed by atoms with van der Waals surface area (Å²) in [5.74, 6) is -0.437. The molecule has 1 N–H and O–H groups in total. The van der Waals surface area contributed by atoms with Crippen LogP contribution >= 0.6 is 0 Å². The van der Waals surface area contributed by atoms with Crippen molar-refractivity contribution >= 4 is 17.7 Å². The van der Waals surface area contributed by atoms with E-state index in [0.717, 1.165) is 18.4 Å². The smallest absolute Gasteiger partial charge is 0.298 e. The Hall–Kier alpha value is -4.71. The molecule has 2 aromatic carbocycles. The van der Waals surface area contributed by atoms with Gasteiger partial charge in [-0.05, 0) is 63.3 Å². The number of amides is 2. The Morgan fingerprint density at radius 1 is 1.00 bits per heavy atom. The zero-order chi connectivity index (χ0) is 32.2. The SMILES string of the molecule is CC(C)(C)N(Cc1ccccc1)C(=O)On1nc(C(F)(F)F)cc1C(=O)N(c1ccccc1)C(NCC1CC1)c1cccnc1. The van der Waals surface area contributed by atoms with Crippen molar-refractivity contribution in [3.05, 3.63) is 114 Å². The van der Waals surface area contributed by atoms with E-state index >= 15 is 0 Å². The second-order valence-corrected chi connectivity index (χ2v) is 11.9. The van der Waals surface area contributed by atoms with Crippen molar-refractivity contribution in [3.63, 3.8) is 0 Å². The molecular weight excluding hydrogens is 585 g/mol. The molecule has 1 saturated carbocycles. The summed E-state index contributed by atoms with van der Waals surface area (Å²) in [7, 11) is 0. The van der Waals surface area contributed by atoms with Crippen molar-refractivity contribution < 1.29 is 27.6 Å². The molecule has 12 heteroatoms. The van der Waals surface area contributed by atoms with E-state index in [1.165, 1.54) is 9.80 Å². The van der Waals surface area contributed by atoms with Crippen LogP contribution in [-0.4, -0.2) is 43.9 Å². The van der Waals surface area contributed by atoms with Gasteiger partial charge in [-0.3, -0.25) is 29.7 Å². The van der Waals surface area contributed by atoms with Gasteiger partial charge in [-0.15, -0.1) is 5.10 Å². The first-order valence-electron chi connectivity index (χ1n) is 14.6. The molecule has 2 heterocycles. The predicted molar refractivity (Wildman–Crippen MR) is 162 cm³/mol. The lowest BCUT2D eigenvalue weighted by molar-refractivity contribution is -0.142. The Bertz CT molecular complexity index is 1590. The van der Waals surface area contributed by atoms with E-state index in [2.05, 4.69) is 15.4 Å². The normalized spacial score (nSPS) is 14.1. The van der Waals surface area contributed by atoms with Gasteiger partial charge in [0.25, 0.3) is 5.91 Å². The van der Waals surface area contributed by atoms with Crippen LogP contribution in [0.3, 0.4) is 0 Å². The Morgan fingerprint density at radius 3 is 2.24 bits per heavy atom. The van der Waals surface area contributed by atoms with Gasteiger partial charge in [0.2, 0.25) is 0 Å². The largest absolute Gasteiger partial charge is 0.436 e. The van der Waals surface area contributed by atoms with Gasteiger partial charge in [-0.1, -0.05) is 59.4 Å². The molecule has 1 atom stereocenters. The molecule has 1 fully saturated rings. The molecule has 0 spiro atoms. The van der Waals surface area contributed by atoms with Crippen LogP contribution in [0.2, 0.25) is 0 Å². The highest BCUT2D eigenvalue weighted by atomic mass is 19.4. The maximum absolute atomic E-state index is 14.5. The third-order valence-corrected chi connectivity index (χ3v) is 7.37. The van der Waals surface area contributed by atoms with Crippen molar-refractivity contribution in [1.82, 2.24) is 25.1 Å². The molecule has 0 saturated heterocycles. The molecule has 45 heavy (non-hydrogen) atoms. The third-order valence-electron chi connectivity index (χ3n) is 7.37. The molecule has 236 valence electrons. The monoisotopic (exact) mass is 620 g/mol. The highest BCUT2D eigenvalue weighted by molar-refractivity contribution is 6.05. The molecule has 0 aliphatic heterocycles. The van der Waals surface area contributed by atoms with Gasteiger partial charge in [-0.2, -0.15) is 13.2 Å². The topological polar surface area (TPSA) is 92.6 Å². The first-order valence-corrected chi connectivity index (χ1v) is 14.6. The lowest BCUT2D eigenvalue weighted by atomic mass is 10.1. The van der Waals surface area contributed by atoms with Crippen molar-refractivity contribution in [2.24, 2.45) is 5.92 Å². The number of halogens is 3. The summed E-state index contributed by atoms with van der Waals surface area (Å²) >= 11 is 0. The summed E-state index contributed by atoms with van der Waals surface area (Å²) in [6, 6.07) is 21.8. The van der Waals surface area contributed by atoms with Crippen molar-refractivity contribution in [2.75, 3.05) is 11.4 Å². The number of nitrogens with zero attached hydrogens (tertiary/aromatic N) is 5. The predicted octanol–water partition coefficient (Wildman–Crippen LogP) is 6.49. The van der Waals surface area contributed by atoms with Gasteiger partial charge >= 0.3 is 12.3 Å². The fourth-order valence-corrected chi connectivity index (χ4v) is 4.77. The van der Waals surface area contributed by atoms with Gasteiger partial charge in [0.05, 0.1) is 0 Å². The standard InChI is InChI=1S/C33H35F3N6O3/c1-32(2,3)40(22-24-11-6-4-7-12-24)31(44)45-42-27(19-28(39-42)33(34,35)36)30(43)41(26-14-8-5-9-15-26)29(38-20-23-16-17-23)25-13-10-18-37-21-25/h4-15,18-19,21,23,29,38H,16-17,20,22H2,1-3H3. The van der Waals surface area contributed by atoms with Crippen LogP contribution < -0.4 is 15.1 Å². The number of hydrogen-bond donors (Lipinski definition) is 1. The Labute approximate surface area is 259 Å². The summed E-state index contributed by atoms with van der Waals surface area (Å²) in [6.07, 6.45) is -1.42. The molecule has 4 aromatic rings. The third kappa shape index (κ3) is 7.88. The molecule has 9 nitrogen and oxygen atoms in total. The first kappa shape index (κ1) is 31.7. The minimum absolute atomic E-state index is 0.115. The zero-order valence-corrected chi connectivity index (χ0v) is 25.2. The van der Waals surface area contributed by atoms with Crippen molar-refractivity contribution in [2.45, 2.75) is 58.0 Å². The maximum atomic E-state index is 14.5. The highest BCUT2D eigenvalue weighted by Gasteiger charge is 2.40. The van der Waals surface area contributed by atoms with Gasteiger partial charge in [0.15, 0.2) is 11.4 Å². The number of hydrogen-bond acceptors (Lipinski definition) is 6. The molecule has 1 aliphatic rings. The Morgan fingerprint density at radius 2 is 1.67 bits per heavy atom. The summed E-state index contributed by atoms with van der Waals surface area (Å²) in [5.41, 5.74) is -0.917. The fraction of sp³-hybridized carbons (Fsp3) is 0.333. The molecular formula is C33H35F3N6O3. The number of anilines is 1. The van der Waals surface area contributed by atoms with Crippen LogP contribution in [0.15, 0.2) is 91.3 Å². The van der Waals surface area contributed by atoms with Crippen LogP contribution in [0.1, 0.15) is 67.1 Å². The molecule has 2 amide bonds. The second kappa shape index (κ2) is 13.1. The Kier molecular flexibility index (Phi) is 9.24. The minimum atomic E-state index is -4.91. The second-order valence-electron chi connectivity index (χ2n) is 11.9. The number of pyridine rings is 1. The van der Waals surface area contributed by atoms with Crippen LogP contribution in [0.5, 0.6) is 0 Å². The van der Waals surface area contributed by atoms with Crippen LogP contribution in [0.4, 0.5) is 23.7 Å². The number of carbonyl (C=O) groups is 2. The summed E-state index contributed by atoms with van der Waals surface area (Å²) in [6.45, 7) is 6.01. The van der Waals surface area contributed by atoms with E-state index in [1.54, 1.807) is 75.6 Å². The number of nitrogens with one attached hydrogen (secondary N) is 1. The number of benzene rings is 2. The molecule has 1 unspecified atom stereocenters. The van der Waals surface area contributed by atoms with Crippen LogP contribution in [0.25, 0.3) is 0 Å². The van der Waals surface area contributed by atoms with E-state index in [0.29, 0.717) is 34.6 Å². The molecule has 1 aliphatic carbocycles. The molecule has 5 rings (SSSR count). The fourth-order valence-electron chi connectivity index (χ4n) is 4.77. The van der Waals surface area contributed by atoms with Crippen LogP contribution in [0, 0.1) is 5.92 Å². The first-order chi connectivity index (χ1) is 21.4. The number of aromatic nitrogens is 3. The molecule has 2 aromatic heterocycles. The average Bonchev–Trinajstić information content (AvgIpc) is 3.74. The van der Waals surface area contributed by atoms with Crippen molar-refractivity contribution in [3.8, 4) is 0 Å². The number of carbonyl (C=O) groups excluding carboxylic acids is 2. The zero-order valence-electron chi connectivity index (χ0n) is 25.2. The highest BCUT2D eigenvalue weighted by Crippen LogP contribution is 2.33. The number of alkyl halides is 3. The van der Waals surface area contributed by atoms with Crippen LogP contribution in [-0.2, 0) is 12.7 Å². The minimum Gasteiger partial charge on any atom is -0.298 e. The van der Waals surface area contributed by atoms with E-state index < -0.39 is 41.3 Å². The lowest BCUT2D eigenvalue weighted by Gasteiger charge is -2.35. The van der Waals surface area contributed by atoms with Gasteiger partial charge in [0, 0.05) is 48.3 Å². The molecule has 0 bridgehead atoms. The summed E-state index contributed by atoms with van der Waals surface area (Å²) in [5, 5.41) is 6.96. The van der Waals surface area contributed by atoms with E-state index in [4.69, 9.17) is 4.84 Å². The van der Waals surface area contributed by atoms with E-state index in [1.807, 2.05) is 30.3 Å². The van der Waals surface area contributed by atoms with E-state index in [-0.39, 0.29) is 6.54 Å². The maximum Gasteiger partial charge on any atom is 0.436 e. The van der Waals surface area contributed by atoms with E-state index in [9.17, 15) is 22.8 Å². The summed E-state index contributed by atoms with van der Waals surface area (Å²) in [4.78, 5) is 40.8.